The van der Waals surface area contributed by atoms with Gasteiger partial charge in [0.05, 0.1) is 5.69 Å². The lowest BCUT2D eigenvalue weighted by atomic mass is 9.87. The molecule has 2 aromatic carbocycles. The van der Waals surface area contributed by atoms with Crippen LogP contribution in [0.15, 0.2) is 60.7 Å². The molecule has 2 fully saturated rings. The number of piperidine rings is 1. The number of nitrogens with zero attached hydrogens (tertiary/aromatic N) is 2. The number of rotatable bonds is 3. The molecule has 3 aromatic rings. The fourth-order valence-corrected chi connectivity index (χ4v) is 5.14. The van der Waals surface area contributed by atoms with Crippen LogP contribution < -0.4 is 10.6 Å². The van der Waals surface area contributed by atoms with Crippen LogP contribution in [-0.2, 0) is 4.79 Å². The van der Waals surface area contributed by atoms with E-state index in [0.29, 0.717) is 36.5 Å². The third-order valence-corrected chi connectivity index (χ3v) is 6.90. The Bertz CT molecular complexity index is 1150. The number of hydrogen-bond acceptors (Lipinski definition) is 5. The predicted molar refractivity (Wildman–Crippen MR) is 118 cm³/mol. The van der Waals surface area contributed by atoms with Gasteiger partial charge in [0.1, 0.15) is 15.4 Å². The lowest BCUT2D eigenvalue weighted by Gasteiger charge is -2.36. The van der Waals surface area contributed by atoms with E-state index in [2.05, 4.69) is 10.6 Å². The first-order chi connectivity index (χ1) is 15.1. The second-order valence-corrected chi connectivity index (χ2v) is 8.71. The van der Waals surface area contributed by atoms with E-state index in [0.717, 1.165) is 16.1 Å². The topological polar surface area (TPSA) is 91.4 Å². The standard InChI is InChI=1S/C23H20N4O3S/c28-20(27-13-11-23(12-14-27)21(29)25-22(30)26-23)18-17(15-7-3-1-4-8-15)24-19(31-18)16-9-5-2-6-10-16/h1-10H,11-14H2,(H2,25,26,29,30). The maximum atomic E-state index is 13.5. The van der Waals surface area contributed by atoms with Gasteiger partial charge in [-0.05, 0) is 12.8 Å². The molecule has 2 aliphatic heterocycles. The molecule has 0 bridgehead atoms. The summed E-state index contributed by atoms with van der Waals surface area (Å²) in [6, 6.07) is 19.0. The molecule has 0 saturated carbocycles. The highest BCUT2D eigenvalue weighted by Crippen LogP contribution is 2.36. The van der Waals surface area contributed by atoms with Crippen LogP contribution in [0, 0.1) is 0 Å². The SMILES string of the molecule is O=C1NC(=O)C2(CCN(C(=O)c3sc(-c4ccccc4)nc3-c3ccccc3)CC2)N1. The highest BCUT2D eigenvalue weighted by atomic mass is 32.1. The van der Waals surface area contributed by atoms with Crippen molar-refractivity contribution in [3.63, 3.8) is 0 Å². The smallest absolute Gasteiger partial charge is 0.322 e. The Balaban J connectivity index is 1.45. The van der Waals surface area contributed by atoms with Crippen LogP contribution in [0.25, 0.3) is 21.8 Å². The van der Waals surface area contributed by atoms with E-state index in [-0.39, 0.29) is 11.8 Å². The van der Waals surface area contributed by atoms with E-state index >= 15 is 0 Å². The Morgan fingerprint density at radius 1 is 0.935 bits per heavy atom. The van der Waals surface area contributed by atoms with Gasteiger partial charge in [-0.1, -0.05) is 60.7 Å². The first-order valence-electron chi connectivity index (χ1n) is 10.1. The summed E-state index contributed by atoms with van der Waals surface area (Å²) < 4.78 is 0. The molecule has 2 saturated heterocycles. The number of amides is 4. The third-order valence-electron chi connectivity index (χ3n) is 5.81. The van der Waals surface area contributed by atoms with Crippen molar-refractivity contribution in [3.05, 3.63) is 65.5 Å². The Morgan fingerprint density at radius 2 is 1.55 bits per heavy atom. The third kappa shape index (κ3) is 3.48. The van der Waals surface area contributed by atoms with Gasteiger partial charge in [0, 0.05) is 24.2 Å². The van der Waals surface area contributed by atoms with E-state index in [1.165, 1.54) is 11.3 Å². The highest BCUT2D eigenvalue weighted by Gasteiger charge is 2.48. The molecule has 8 heteroatoms. The normalized spacial score (nSPS) is 17.5. The average Bonchev–Trinajstić information content (AvgIpc) is 3.36. The Hall–Kier alpha value is -3.52. The van der Waals surface area contributed by atoms with Crippen LogP contribution in [0.4, 0.5) is 4.79 Å². The molecule has 0 aliphatic carbocycles. The highest BCUT2D eigenvalue weighted by molar-refractivity contribution is 7.17. The van der Waals surface area contributed by atoms with Gasteiger partial charge in [0.2, 0.25) is 0 Å². The number of carbonyl (C=O) groups excluding carboxylic acids is 3. The zero-order valence-corrected chi connectivity index (χ0v) is 17.4. The molecule has 7 nitrogen and oxygen atoms in total. The van der Waals surface area contributed by atoms with Gasteiger partial charge < -0.3 is 10.2 Å². The maximum absolute atomic E-state index is 13.5. The van der Waals surface area contributed by atoms with Gasteiger partial charge in [-0.3, -0.25) is 14.9 Å². The molecular formula is C23H20N4O3S. The molecule has 5 rings (SSSR count). The average molecular weight is 433 g/mol. The molecule has 0 unspecified atom stereocenters. The summed E-state index contributed by atoms with van der Waals surface area (Å²) >= 11 is 1.38. The van der Waals surface area contributed by atoms with E-state index in [1.54, 1.807) is 4.90 Å². The number of urea groups is 1. The molecule has 0 radical (unpaired) electrons. The van der Waals surface area contributed by atoms with E-state index in [1.807, 2.05) is 60.7 Å². The summed E-state index contributed by atoms with van der Waals surface area (Å²) in [5.41, 5.74) is 1.62. The molecule has 1 aromatic heterocycles. The summed E-state index contributed by atoms with van der Waals surface area (Å²) in [6.07, 6.45) is 0.780. The van der Waals surface area contributed by atoms with Crippen LogP contribution in [0.5, 0.6) is 0 Å². The lowest BCUT2D eigenvalue weighted by Crippen LogP contribution is -2.55. The second-order valence-electron chi connectivity index (χ2n) is 7.71. The van der Waals surface area contributed by atoms with Crippen LogP contribution in [0.1, 0.15) is 22.5 Å². The first kappa shape index (κ1) is 19.4. The molecule has 3 heterocycles. The molecule has 0 atom stereocenters. The number of benzene rings is 2. The van der Waals surface area contributed by atoms with Crippen molar-refractivity contribution in [3.8, 4) is 21.8 Å². The van der Waals surface area contributed by atoms with Gasteiger partial charge in [0.15, 0.2) is 0 Å². The molecule has 1 spiro atoms. The van der Waals surface area contributed by atoms with Crippen molar-refractivity contribution in [1.82, 2.24) is 20.5 Å². The van der Waals surface area contributed by atoms with Crippen molar-refractivity contribution in [2.24, 2.45) is 0 Å². The van der Waals surface area contributed by atoms with Gasteiger partial charge >= 0.3 is 6.03 Å². The van der Waals surface area contributed by atoms with Crippen molar-refractivity contribution in [1.29, 1.82) is 0 Å². The lowest BCUT2D eigenvalue weighted by molar-refractivity contribution is -0.125. The van der Waals surface area contributed by atoms with Crippen molar-refractivity contribution < 1.29 is 14.4 Å². The molecular weight excluding hydrogens is 412 g/mol. The largest absolute Gasteiger partial charge is 0.338 e. The van der Waals surface area contributed by atoms with E-state index in [9.17, 15) is 14.4 Å². The monoisotopic (exact) mass is 432 g/mol. The van der Waals surface area contributed by atoms with Gasteiger partial charge in [0.25, 0.3) is 11.8 Å². The van der Waals surface area contributed by atoms with Crippen LogP contribution >= 0.6 is 11.3 Å². The van der Waals surface area contributed by atoms with Gasteiger partial charge in [-0.15, -0.1) is 11.3 Å². The zero-order valence-electron chi connectivity index (χ0n) is 16.6. The Morgan fingerprint density at radius 3 is 2.13 bits per heavy atom. The number of hydrogen-bond donors (Lipinski definition) is 2. The fraction of sp³-hybridized carbons (Fsp3) is 0.217. The van der Waals surface area contributed by atoms with Crippen molar-refractivity contribution in [2.45, 2.75) is 18.4 Å². The van der Waals surface area contributed by atoms with Crippen LogP contribution in [-0.4, -0.2) is 46.4 Å². The molecule has 31 heavy (non-hydrogen) atoms. The first-order valence-corrected chi connectivity index (χ1v) is 10.9. The minimum absolute atomic E-state index is 0.0990. The number of thiazole rings is 1. The number of carbonyl (C=O) groups is 3. The summed E-state index contributed by atoms with van der Waals surface area (Å²) in [5, 5.41) is 5.83. The summed E-state index contributed by atoms with van der Waals surface area (Å²) in [6.45, 7) is 0.776. The molecule has 4 amide bonds. The number of likely N-dealkylation sites (tertiary alicyclic amines) is 1. The Labute approximate surface area is 183 Å². The summed E-state index contributed by atoms with van der Waals surface area (Å²) in [7, 11) is 0. The zero-order chi connectivity index (χ0) is 21.4. The van der Waals surface area contributed by atoms with Crippen molar-refractivity contribution in [2.75, 3.05) is 13.1 Å². The maximum Gasteiger partial charge on any atom is 0.322 e. The predicted octanol–water partition coefficient (Wildman–Crippen LogP) is 3.29. The summed E-state index contributed by atoms with van der Waals surface area (Å²) in [4.78, 5) is 44.4. The minimum Gasteiger partial charge on any atom is -0.338 e. The fourth-order valence-electron chi connectivity index (χ4n) is 4.08. The van der Waals surface area contributed by atoms with E-state index < -0.39 is 11.6 Å². The second kappa shape index (κ2) is 7.63. The quantitative estimate of drug-likeness (QED) is 0.622. The molecule has 156 valence electrons. The number of aromatic nitrogens is 1. The van der Waals surface area contributed by atoms with Crippen LogP contribution in [0.2, 0.25) is 0 Å². The summed E-state index contributed by atoms with van der Waals surface area (Å²) in [5.74, 6) is -0.406. The van der Waals surface area contributed by atoms with E-state index in [4.69, 9.17) is 4.98 Å². The Kier molecular flexibility index (Phi) is 4.78. The molecule has 2 N–H and O–H groups in total. The van der Waals surface area contributed by atoms with Crippen LogP contribution in [0.3, 0.4) is 0 Å². The van der Waals surface area contributed by atoms with Gasteiger partial charge in [-0.2, -0.15) is 0 Å². The minimum atomic E-state index is -0.904. The molecule has 2 aliphatic rings. The van der Waals surface area contributed by atoms with Gasteiger partial charge in [-0.25, -0.2) is 9.78 Å². The number of imide groups is 1. The number of nitrogens with one attached hydrogen (secondary N) is 2. The van der Waals surface area contributed by atoms with Crippen molar-refractivity contribution >= 4 is 29.2 Å².